The predicted molar refractivity (Wildman–Crippen MR) is 243 cm³/mol. The summed E-state index contributed by atoms with van der Waals surface area (Å²) >= 11 is 0. The summed E-state index contributed by atoms with van der Waals surface area (Å²) in [5.74, 6) is -2.58. The van der Waals surface area contributed by atoms with Crippen LogP contribution in [0.3, 0.4) is 0 Å². The van der Waals surface area contributed by atoms with Crippen molar-refractivity contribution in [2.45, 2.75) is 91.5 Å². The topological polar surface area (TPSA) is 198 Å². The van der Waals surface area contributed by atoms with E-state index in [0.717, 1.165) is 70.6 Å². The number of unbranched alkanes of at least 4 members (excludes halogenated alkanes) is 3. The highest BCUT2D eigenvalue weighted by molar-refractivity contribution is 7.85. The number of carboxylic acids is 1. The van der Waals surface area contributed by atoms with Crippen molar-refractivity contribution in [3.05, 3.63) is 71.6 Å². The van der Waals surface area contributed by atoms with E-state index in [4.69, 9.17) is 9.52 Å². The minimum atomic E-state index is -4.57. The number of nitrogens with zero attached hydrogens (tertiary/aromatic N) is 4. The van der Waals surface area contributed by atoms with Crippen molar-refractivity contribution >= 4 is 56.2 Å². The Morgan fingerprint density at radius 1 is 0.778 bits per heavy atom. The first kappa shape index (κ1) is 48.4. The first-order valence-electron chi connectivity index (χ1n) is 22.2. The van der Waals surface area contributed by atoms with Crippen molar-refractivity contribution in [2.24, 2.45) is 0 Å². The van der Waals surface area contributed by atoms with Gasteiger partial charge in [0.25, 0.3) is 16.0 Å². The largest absolute Gasteiger partial charge is 0.481 e. The van der Waals surface area contributed by atoms with Crippen LogP contribution in [0.15, 0.2) is 65.1 Å². The molecule has 2 heterocycles. The Balaban J connectivity index is 1.23. The summed E-state index contributed by atoms with van der Waals surface area (Å²) in [7, 11) is -4.57. The van der Waals surface area contributed by atoms with Crippen LogP contribution in [0.25, 0.3) is 33.4 Å². The Labute approximate surface area is 369 Å². The summed E-state index contributed by atoms with van der Waals surface area (Å²) in [6, 6.07) is 18.7. The molecule has 2 aliphatic heterocycles. The average Bonchev–Trinajstić information content (AvgIpc) is 3.26. The number of piperazine rings is 1. The molecule has 0 spiro atoms. The number of benzene rings is 3. The molecule has 0 radical (unpaired) electrons. The van der Waals surface area contributed by atoms with Crippen LogP contribution in [0.5, 0.6) is 0 Å². The Morgan fingerprint density at radius 2 is 1.43 bits per heavy atom. The van der Waals surface area contributed by atoms with Crippen LogP contribution in [0.4, 0.5) is 5.69 Å². The third-order valence-electron chi connectivity index (χ3n) is 11.8. The van der Waals surface area contributed by atoms with Crippen LogP contribution in [-0.4, -0.2) is 122 Å². The number of carboxylic acid groups (broad SMARTS) is 1. The van der Waals surface area contributed by atoms with E-state index in [-0.39, 0.29) is 37.5 Å². The lowest BCUT2D eigenvalue weighted by atomic mass is 9.90. The number of Topliss-reactive ketones (excluding diaryl/α,β-unsaturated/α-hetero) is 1. The summed E-state index contributed by atoms with van der Waals surface area (Å²) in [5.41, 5.74) is 4.95. The van der Waals surface area contributed by atoms with Crippen LogP contribution >= 0.6 is 0 Å². The molecule has 3 N–H and O–H groups in total. The van der Waals surface area contributed by atoms with E-state index in [1.807, 2.05) is 24.3 Å². The summed E-state index contributed by atoms with van der Waals surface area (Å²) in [6.07, 6.45) is 1.78. The third-order valence-corrected chi connectivity index (χ3v) is 12.5. The summed E-state index contributed by atoms with van der Waals surface area (Å²) in [4.78, 5) is 69.5. The lowest BCUT2D eigenvalue weighted by Crippen LogP contribution is -2.50. The van der Waals surface area contributed by atoms with Gasteiger partial charge < -0.3 is 29.5 Å². The second-order valence-electron chi connectivity index (χ2n) is 15.9. The Bertz CT molecular complexity index is 2410. The number of anilines is 1. The molecule has 2 aromatic carbocycles. The maximum atomic E-state index is 14.4. The molecule has 1 saturated heterocycles. The van der Waals surface area contributed by atoms with Crippen molar-refractivity contribution in [3.8, 4) is 22.5 Å². The van der Waals surface area contributed by atoms with Crippen molar-refractivity contribution < 1.29 is 46.5 Å². The number of rotatable bonds is 22. The number of fused-ring (bicyclic) bond motifs is 2. The van der Waals surface area contributed by atoms with E-state index in [9.17, 15) is 36.9 Å². The van der Waals surface area contributed by atoms with E-state index in [0.29, 0.717) is 63.8 Å². The van der Waals surface area contributed by atoms with Crippen LogP contribution in [0.1, 0.15) is 95.8 Å². The Hall–Kier alpha value is -5.61. The van der Waals surface area contributed by atoms with E-state index in [2.05, 4.69) is 78.9 Å². The minimum absolute atomic E-state index is 0.0489. The molecule has 340 valence electrons. The van der Waals surface area contributed by atoms with Crippen molar-refractivity contribution in [1.82, 2.24) is 19.7 Å². The van der Waals surface area contributed by atoms with Gasteiger partial charge in [0.1, 0.15) is 36.2 Å². The fraction of sp³-hybridized carbons (Fsp3) is 0.489. The predicted octanol–water partition coefficient (Wildman–Crippen LogP) is 5.68. The molecule has 0 saturated carbocycles. The fourth-order valence-corrected chi connectivity index (χ4v) is 8.97. The molecule has 1 aliphatic carbocycles. The van der Waals surface area contributed by atoms with Crippen LogP contribution in [0, 0.1) is 0 Å². The highest BCUT2D eigenvalue weighted by Crippen LogP contribution is 2.42. The lowest BCUT2D eigenvalue weighted by Gasteiger charge is -2.35. The van der Waals surface area contributed by atoms with Gasteiger partial charge in [-0.2, -0.15) is 8.42 Å². The highest BCUT2D eigenvalue weighted by Gasteiger charge is 2.29. The van der Waals surface area contributed by atoms with Gasteiger partial charge in [0.05, 0.1) is 6.07 Å². The van der Waals surface area contributed by atoms with Gasteiger partial charge in [-0.3, -0.25) is 28.5 Å². The van der Waals surface area contributed by atoms with Gasteiger partial charge in [-0.05, 0) is 83.2 Å². The van der Waals surface area contributed by atoms with Gasteiger partial charge in [0.15, 0.2) is 5.78 Å². The van der Waals surface area contributed by atoms with E-state index >= 15 is 0 Å². The maximum Gasteiger partial charge on any atom is 0.303 e. The second-order valence-corrected chi connectivity index (χ2v) is 17.4. The molecular weight excluding hydrogens is 827 g/mol. The molecule has 3 amide bonds. The summed E-state index contributed by atoms with van der Waals surface area (Å²) < 4.78 is 41.4. The quantitative estimate of drug-likeness (QED) is 0.0380. The number of carbonyl (C=O) groups is 5. The second kappa shape index (κ2) is 22.7. The van der Waals surface area contributed by atoms with Crippen LogP contribution in [-0.2, 0) is 29.3 Å². The molecule has 16 heteroatoms. The van der Waals surface area contributed by atoms with Gasteiger partial charge in [-0.15, -0.1) is 0 Å². The van der Waals surface area contributed by atoms with Crippen molar-refractivity contribution in [3.63, 3.8) is 0 Å². The number of carbonyl (C=O) groups excluding carboxylic acids is 4. The van der Waals surface area contributed by atoms with Crippen LogP contribution in [0.2, 0.25) is 0 Å². The number of amides is 3. The Kier molecular flexibility index (Phi) is 17.4. The molecule has 63 heavy (non-hydrogen) atoms. The summed E-state index contributed by atoms with van der Waals surface area (Å²) in [6.45, 7) is 13.3. The monoisotopic (exact) mass is 888 g/mol. The number of nitrogens with one attached hydrogen (secondary N) is 1. The standard InChI is InChI=1S/C47H61N5O10S/c1-5-49(6-2)33-22-24-37-41(30-33)62-42-31-34(50(7-3)8-4)23-25-38(42)46(37)35-16-12-13-17-36(35)47(58)52-28-26-51(27-29-52)44(55)20-15-14-19-43(54)48-39(32-63(59,60)61)40(53)18-10-9-11-21-45(56)57/h12-13,16-17,22-25,30-31,39H,5-11,14-15,18-21,26-29,32H2,1-4H3,(H2-,48,54,56,57,59,60,61)/p+1. The average molecular weight is 889 g/mol. The smallest absolute Gasteiger partial charge is 0.303 e. The molecule has 2 aromatic rings. The van der Waals surface area contributed by atoms with E-state index < -0.39 is 39.6 Å². The number of hydrogen-bond acceptors (Lipinski definition) is 9. The molecule has 15 nitrogen and oxygen atoms in total. The van der Waals surface area contributed by atoms with Gasteiger partial charge in [-0.25, -0.2) is 4.58 Å². The maximum absolute atomic E-state index is 14.4. The van der Waals surface area contributed by atoms with Gasteiger partial charge in [0.2, 0.25) is 17.2 Å². The van der Waals surface area contributed by atoms with Crippen LogP contribution < -0.4 is 20.1 Å². The molecule has 1 unspecified atom stereocenters. The SMILES string of the molecule is CCN(CC)c1ccc2c(-c3ccccc3C(=O)N3CCN(C(=O)CCCCC(=O)NC(CS(=O)(=O)O)C(=O)CCCCCC(=O)O)CC3)c3ccc(=[N+](CC)CC)cc-3oc2c1. The van der Waals surface area contributed by atoms with Gasteiger partial charge in [0, 0.05) is 105 Å². The first-order chi connectivity index (χ1) is 30.2. The number of ketones is 1. The Morgan fingerprint density at radius 3 is 2.10 bits per heavy atom. The fourth-order valence-electron chi connectivity index (χ4n) is 8.28. The third kappa shape index (κ3) is 13.0. The lowest BCUT2D eigenvalue weighted by molar-refractivity contribution is -0.137. The van der Waals surface area contributed by atoms with Gasteiger partial charge in [-0.1, -0.05) is 24.6 Å². The minimum Gasteiger partial charge on any atom is -0.481 e. The first-order valence-corrected chi connectivity index (χ1v) is 23.8. The highest BCUT2D eigenvalue weighted by atomic mass is 32.2. The zero-order valence-corrected chi connectivity index (χ0v) is 37.8. The molecular formula is C47H62N5O10S+. The van der Waals surface area contributed by atoms with Crippen molar-refractivity contribution in [2.75, 3.05) is 63.0 Å². The normalized spacial score (nSPS) is 13.5. The molecule has 3 aliphatic rings. The molecule has 1 fully saturated rings. The number of aliphatic carboxylic acids is 1. The number of hydrogen-bond donors (Lipinski definition) is 3. The van der Waals surface area contributed by atoms with Gasteiger partial charge >= 0.3 is 5.97 Å². The van der Waals surface area contributed by atoms with E-state index in [1.54, 1.807) is 9.80 Å². The zero-order chi connectivity index (χ0) is 45.7. The zero-order valence-electron chi connectivity index (χ0n) is 36.9. The van der Waals surface area contributed by atoms with E-state index in [1.165, 1.54) is 0 Å². The summed E-state index contributed by atoms with van der Waals surface area (Å²) in [5, 5.41) is 13.1. The molecule has 0 bridgehead atoms. The molecule has 1 atom stereocenters. The molecule has 0 aromatic heterocycles. The van der Waals surface area contributed by atoms with Crippen molar-refractivity contribution in [1.29, 1.82) is 0 Å². The molecule has 5 rings (SSSR count).